The molecule has 1 unspecified atom stereocenters. The minimum absolute atomic E-state index is 0. The maximum Gasteiger partial charge on any atom is 1.00 e. The van der Waals surface area contributed by atoms with Gasteiger partial charge in [-0.3, -0.25) is 13.8 Å². The van der Waals surface area contributed by atoms with Gasteiger partial charge in [-0.15, -0.1) is 29.3 Å². The Morgan fingerprint density at radius 2 is 1.26 bits per heavy atom. The van der Waals surface area contributed by atoms with Gasteiger partial charge in [0.25, 0.3) is 0 Å². The number of hydrogen-bond donors (Lipinski definition) is 4. The largest absolute Gasteiger partial charge is 1.00 e. The molecule has 5 aromatic rings. The Morgan fingerprint density at radius 1 is 0.741 bits per heavy atom. The first-order chi connectivity index (χ1) is 39.2. The van der Waals surface area contributed by atoms with Crippen molar-refractivity contribution in [1.29, 1.82) is 0 Å². The molecule has 0 spiro atoms. The van der Waals surface area contributed by atoms with E-state index in [0.29, 0.717) is 90.9 Å². The smallest absolute Gasteiger partial charge is 0.768 e. The number of ketones is 1. The number of halogens is 1. The van der Waals surface area contributed by atoms with Crippen molar-refractivity contribution in [3.8, 4) is 28.2 Å². The molecule has 85 heavy (non-hydrogen) atoms. The standard InChI is InChI=1S/C47H51N4O8S2.C7H5ClO2.C3H9N.C3H6O.2Na.O3S/c1-24(2)19-40(52)50-44-27(6)21-26(5)43(28(44)7)48-32-15-17-34-37(22-32)59-38-23-33(16-18-35(38)42(34)36-13-11-12-14-39(36)61(56,57)58)49-45-29(8)46(51-41(53)20-25(3)4)31(10)47(30(45)9)60(54)55;8-7(9)10-6-4-2-1-3-5-6;2*1-3(2)4;;;1-4(2)3/h11-18,22-25,48H,19-20H2,1-10H3,(H,50,52)(H,51,53)(H,54,55)(H,56,57,58);1-5H;3H,4H2,1-2H3;1-2H3;;;/q-1;;;;2*+1;/p-2/i;;;1D;;;. The van der Waals surface area contributed by atoms with E-state index in [1.165, 1.54) is 19.1 Å². The number of ether oxygens (including phenoxy) is 1. The Balaban J connectivity index is 0.00000124. The molecule has 0 radical (unpaired) electrons. The monoisotopic (exact) mass is 1260 g/mol. The normalized spacial score (nSPS) is 11.3. The molecule has 0 fully saturated rings. The minimum Gasteiger partial charge on any atom is -0.768 e. The van der Waals surface area contributed by atoms with Gasteiger partial charge in [-0.1, -0.05) is 110 Å². The van der Waals surface area contributed by atoms with Crippen LogP contribution in [0.1, 0.15) is 103 Å². The predicted octanol–water partition coefficient (Wildman–Crippen LogP) is 6.32. The first kappa shape index (κ1) is 75.7. The molecule has 19 nitrogen and oxygen atoms in total. The molecule has 446 valence electrons. The molecule has 1 aliphatic carbocycles. The van der Waals surface area contributed by atoms with Crippen LogP contribution >= 0.6 is 11.6 Å². The number of nitrogens with two attached hydrogens (primary N) is 1. The molecule has 2 amide bonds. The van der Waals surface area contributed by atoms with Crippen molar-refractivity contribution in [2.45, 2.75) is 126 Å². The van der Waals surface area contributed by atoms with Gasteiger partial charge in [0.1, 0.15) is 33.0 Å². The van der Waals surface area contributed by atoms with Crippen molar-refractivity contribution >= 4 is 106 Å². The van der Waals surface area contributed by atoms with Crippen LogP contribution in [0.3, 0.4) is 0 Å². The first-order valence-electron chi connectivity index (χ1n) is 26.4. The van der Waals surface area contributed by atoms with E-state index in [1.54, 1.807) is 87.5 Å². The van der Waals surface area contributed by atoms with E-state index in [0.717, 1.165) is 22.4 Å². The second-order valence-electron chi connectivity index (χ2n) is 20.1. The summed E-state index contributed by atoms with van der Waals surface area (Å²) >= 11 is 2.31. The third-order valence-corrected chi connectivity index (χ3v) is 13.4. The summed E-state index contributed by atoms with van der Waals surface area (Å²) in [7, 11) is -8.03. The summed E-state index contributed by atoms with van der Waals surface area (Å²) in [6.07, 6.45) is 0.611. The average Bonchev–Trinajstić information content (AvgIpc) is 1.08. The maximum atomic E-state index is 12.9. The molecule has 1 heterocycles. The predicted molar refractivity (Wildman–Crippen MR) is 322 cm³/mol. The fraction of sp³-hybridized carbons (Fsp3) is 0.317. The van der Waals surface area contributed by atoms with E-state index in [9.17, 15) is 40.9 Å². The summed E-state index contributed by atoms with van der Waals surface area (Å²) in [4.78, 5) is 50.1. The number of carbonyl (C=O) groups excluding carboxylic acids is 4. The van der Waals surface area contributed by atoms with Gasteiger partial charge in [0.05, 0.1) is 15.9 Å². The fourth-order valence-corrected chi connectivity index (χ4v) is 9.91. The van der Waals surface area contributed by atoms with E-state index in [-0.39, 0.29) is 112 Å². The summed E-state index contributed by atoms with van der Waals surface area (Å²) in [5.74, 6) is 0.590. The van der Waals surface area contributed by atoms with Gasteiger partial charge < -0.3 is 44.7 Å². The molecule has 1 atom stereocenters. The van der Waals surface area contributed by atoms with Gasteiger partial charge in [-0.25, -0.2) is 18.2 Å². The van der Waals surface area contributed by atoms with Crippen LogP contribution in [0.4, 0.5) is 33.2 Å². The Kier molecular flexibility index (Phi) is 32.1. The van der Waals surface area contributed by atoms with Crippen LogP contribution < -0.4 is 90.9 Å². The van der Waals surface area contributed by atoms with E-state index in [2.05, 4.69) is 26.8 Å². The molecule has 0 bridgehead atoms. The molecule has 1 aliphatic heterocycles. The number of amides is 2. The van der Waals surface area contributed by atoms with Crippen LogP contribution in [-0.2, 0) is 46.2 Å². The van der Waals surface area contributed by atoms with Crippen LogP contribution in [-0.4, -0.2) is 63.4 Å². The molecule has 7 rings (SSSR count). The van der Waals surface area contributed by atoms with Crippen molar-refractivity contribution in [1.82, 2.24) is 0 Å². The van der Waals surface area contributed by atoms with Crippen molar-refractivity contribution in [3.63, 3.8) is 0 Å². The topological polar surface area (TPSA) is 314 Å². The molecule has 5 N–H and O–H groups in total. The number of hydrogen-bond acceptors (Lipinski definition) is 17. The number of aryl methyl sites for hydroxylation is 2. The van der Waals surface area contributed by atoms with Crippen molar-refractivity contribution in [2.24, 2.45) is 22.6 Å². The van der Waals surface area contributed by atoms with Crippen molar-refractivity contribution < 1.29 is 123 Å². The molecule has 0 saturated carbocycles. The fourth-order valence-electron chi connectivity index (χ4n) is 8.44. The number of rotatable bonds is 13. The van der Waals surface area contributed by atoms with Gasteiger partial charge in [-0.05, 0) is 123 Å². The van der Waals surface area contributed by atoms with Gasteiger partial charge in [0.15, 0.2) is 0 Å². The summed E-state index contributed by atoms with van der Waals surface area (Å²) in [5.41, 5.74) is 12.3. The SMILES string of the molecule is CC(C)N.Cc1[c-]c(C)c(Nc2ccc3c(-c4ccccc4S(=O)(=O)[O-])c4ccc(=Nc5c(C)c(NC(=O)CC(C)C)c(C)c(S(=O)[O-])c5C)cc-4oc3c2)c(C)c1NC(=O)CC(C)C.O=C(Cl)Oc1ccccc1.O=S(=O)=O.[2H]CC(C)=O.[Na+].[Na+]. The molecular formula is C60H69ClN5Na2O14S3-. The van der Waals surface area contributed by atoms with Crippen LogP contribution in [0.15, 0.2) is 110 Å². The molecule has 0 saturated heterocycles. The molecule has 0 aromatic heterocycles. The van der Waals surface area contributed by atoms with Crippen LogP contribution in [0.2, 0.25) is 0 Å². The second kappa shape index (κ2) is 36.0. The Labute approximate surface area is 552 Å². The van der Waals surface area contributed by atoms with Crippen LogP contribution in [0, 0.1) is 59.4 Å². The third-order valence-electron chi connectivity index (χ3n) is 11.5. The van der Waals surface area contributed by atoms with E-state index >= 15 is 0 Å². The maximum absolute atomic E-state index is 12.9. The van der Waals surface area contributed by atoms with Gasteiger partial charge >= 0.3 is 75.2 Å². The van der Waals surface area contributed by atoms with Gasteiger partial charge in [0.2, 0.25) is 11.8 Å². The second-order valence-corrected chi connectivity index (χ2v) is 23.0. The minimum atomic E-state index is -4.92. The summed E-state index contributed by atoms with van der Waals surface area (Å²) < 4.78 is 106. The Hall–Kier alpha value is -5.44. The van der Waals surface area contributed by atoms with Crippen LogP contribution in [0.25, 0.3) is 33.4 Å². The zero-order valence-corrected chi connectivity index (χ0v) is 57.6. The molecular weight excluding hydrogens is 1190 g/mol. The number of benzene rings is 6. The Morgan fingerprint density at radius 3 is 1.76 bits per heavy atom. The molecule has 25 heteroatoms. The van der Waals surface area contributed by atoms with Crippen molar-refractivity contribution in [2.75, 3.05) is 16.0 Å². The zero-order chi connectivity index (χ0) is 63.5. The van der Waals surface area contributed by atoms with Crippen molar-refractivity contribution in [3.05, 3.63) is 136 Å². The summed E-state index contributed by atoms with van der Waals surface area (Å²) in [6, 6.07) is 28.8. The number of nitrogens with one attached hydrogen (secondary N) is 3. The third kappa shape index (κ3) is 24.3. The number of carbonyl (C=O) groups is 4. The Bertz CT molecular complexity index is 3820. The van der Waals surface area contributed by atoms with Gasteiger partial charge in [0, 0.05) is 76.3 Å². The van der Waals surface area contributed by atoms with E-state index in [4.69, 9.17) is 40.7 Å². The van der Waals surface area contributed by atoms with Gasteiger partial charge in [-0.2, -0.15) is 6.07 Å². The zero-order valence-electron chi connectivity index (χ0n) is 51.4. The summed E-state index contributed by atoms with van der Waals surface area (Å²) in [6.45, 7) is 23.8. The molecule has 5 aromatic carbocycles. The number of para-hydroxylation sites is 1. The quantitative estimate of drug-likeness (QED) is 0.0245. The number of anilines is 4. The first-order valence-corrected chi connectivity index (χ1v) is 29.5. The van der Waals surface area contributed by atoms with Crippen LogP contribution in [0.5, 0.6) is 5.75 Å². The molecule has 2 aliphatic rings. The average molecular weight is 1260 g/mol. The number of fused-ring (bicyclic) bond motifs is 2. The van der Waals surface area contributed by atoms with E-state index < -0.39 is 42.1 Å². The number of Topliss-reactive ketones (excluding diaryl/α,β-unsaturated/α-hetero) is 1. The van der Waals surface area contributed by atoms with E-state index in [1.807, 2.05) is 74.4 Å². The summed E-state index contributed by atoms with van der Waals surface area (Å²) in [5, 5.41) is 10.3. The number of nitrogens with zero attached hydrogens (tertiary/aromatic N) is 1.